The number of likely N-dealkylation sites (N-methyl/N-ethyl adjacent to an activating group) is 1. The van der Waals surface area contributed by atoms with E-state index in [-0.39, 0.29) is 17.2 Å². The molecule has 2 aromatic carbocycles. The van der Waals surface area contributed by atoms with E-state index in [9.17, 15) is 4.79 Å². The Labute approximate surface area is 164 Å². The standard InChI is InChI=1S/C22H24N2O2S/c1-24(2)19(20-14-9-15-26-20)16-23-22(25)21(17-10-5-3-6-11-17)27-18-12-7-4-8-13-18/h3-15,19,21H,16H2,1-2H3,(H,23,25). The van der Waals surface area contributed by atoms with Gasteiger partial charge in [-0.1, -0.05) is 48.5 Å². The second-order valence-electron chi connectivity index (χ2n) is 6.46. The molecule has 0 aliphatic rings. The van der Waals surface area contributed by atoms with Gasteiger partial charge in [0.05, 0.1) is 12.3 Å². The molecule has 4 nitrogen and oxygen atoms in total. The van der Waals surface area contributed by atoms with Gasteiger partial charge in [0.15, 0.2) is 0 Å². The number of furan rings is 1. The lowest BCUT2D eigenvalue weighted by Crippen LogP contribution is -2.36. The second-order valence-corrected chi connectivity index (χ2v) is 7.64. The van der Waals surface area contributed by atoms with Gasteiger partial charge in [0, 0.05) is 11.4 Å². The highest BCUT2D eigenvalue weighted by molar-refractivity contribution is 8.00. The number of thioether (sulfide) groups is 1. The third kappa shape index (κ3) is 5.25. The molecule has 2 unspecified atom stereocenters. The maximum atomic E-state index is 13.1. The SMILES string of the molecule is CN(C)C(CNC(=O)C(Sc1ccccc1)c1ccccc1)c1ccco1. The molecule has 1 amide bonds. The number of rotatable bonds is 8. The molecule has 5 heteroatoms. The quantitative estimate of drug-likeness (QED) is 0.583. The largest absolute Gasteiger partial charge is 0.468 e. The molecule has 2 atom stereocenters. The molecule has 27 heavy (non-hydrogen) atoms. The van der Waals surface area contributed by atoms with Gasteiger partial charge < -0.3 is 9.73 Å². The summed E-state index contributed by atoms with van der Waals surface area (Å²) in [5.74, 6) is 0.834. The van der Waals surface area contributed by atoms with E-state index in [1.807, 2.05) is 91.8 Å². The lowest BCUT2D eigenvalue weighted by Gasteiger charge is -2.24. The lowest BCUT2D eigenvalue weighted by molar-refractivity contribution is -0.120. The second kappa shape index (κ2) is 9.44. The average Bonchev–Trinajstić information content (AvgIpc) is 3.22. The Kier molecular flexibility index (Phi) is 6.74. The van der Waals surface area contributed by atoms with Crippen LogP contribution in [0.1, 0.15) is 22.6 Å². The molecule has 3 rings (SSSR count). The van der Waals surface area contributed by atoms with Crippen molar-refractivity contribution in [3.05, 3.63) is 90.4 Å². The van der Waals surface area contributed by atoms with E-state index in [4.69, 9.17) is 4.42 Å². The highest BCUT2D eigenvalue weighted by Crippen LogP contribution is 2.35. The number of nitrogens with zero attached hydrogens (tertiary/aromatic N) is 1. The maximum Gasteiger partial charge on any atom is 0.238 e. The van der Waals surface area contributed by atoms with Gasteiger partial charge in [-0.3, -0.25) is 9.69 Å². The third-order valence-electron chi connectivity index (χ3n) is 4.30. The summed E-state index contributed by atoms with van der Waals surface area (Å²) in [4.78, 5) is 16.2. The molecule has 0 fully saturated rings. The molecule has 0 aliphatic heterocycles. The first kappa shape index (κ1) is 19.3. The zero-order chi connectivity index (χ0) is 19.1. The fourth-order valence-corrected chi connectivity index (χ4v) is 3.91. The maximum absolute atomic E-state index is 13.1. The van der Waals surface area contributed by atoms with Crippen molar-refractivity contribution in [1.29, 1.82) is 0 Å². The minimum atomic E-state index is -0.312. The van der Waals surface area contributed by atoms with Crippen LogP contribution in [-0.2, 0) is 4.79 Å². The van der Waals surface area contributed by atoms with Crippen LogP contribution in [0.2, 0.25) is 0 Å². The first-order valence-corrected chi connectivity index (χ1v) is 9.77. The highest BCUT2D eigenvalue weighted by Gasteiger charge is 2.24. The number of carbonyl (C=O) groups is 1. The summed E-state index contributed by atoms with van der Waals surface area (Å²) in [5, 5.41) is 2.80. The van der Waals surface area contributed by atoms with Crippen LogP contribution in [0.3, 0.4) is 0 Å². The molecule has 0 radical (unpaired) electrons. The Morgan fingerprint density at radius 1 is 1.00 bits per heavy atom. The molecular weight excluding hydrogens is 356 g/mol. The Morgan fingerprint density at radius 3 is 2.26 bits per heavy atom. The van der Waals surface area contributed by atoms with Gasteiger partial charge >= 0.3 is 0 Å². The molecule has 1 aromatic heterocycles. The summed E-state index contributed by atoms with van der Waals surface area (Å²) >= 11 is 1.56. The minimum Gasteiger partial charge on any atom is -0.468 e. The summed E-state index contributed by atoms with van der Waals surface area (Å²) in [7, 11) is 3.96. The molecule has 1 N–H and O–H groups in total. The van der Waals surface area contributed by atoms with Crippen LogP contribution in [0.15, 0.2) is 88.4 Å². The van der Waals surface area contributed by atoms with Gasteiger partial charge in [-0.15, -0.1) is 11.8 Å². The number of benzene rings is 2. The predicted molar refractivity (Wildman–Crippen MR) is 110 cm³/mol. The number of hydrogen-bond donors (Lipinski definition) is 1. The van der Waals surface area contributed by atoms with Crippen LogP contribution < -0.4 is 5.32 Å². The average molecular weight is 381 g/mol. The van der Waals surface area contributed by atoms with E-state index < -0.39 is 0 Å². The van der Waals surface area contributed by atoms with E-state index in [0.717, 1.165) is 16.2 Å². The van der Waals surface area contributed by atoms with Crippen molar-refractivity contribution in [2.45, 2.75) is 16.2 Å². The molecule has 0 saturated heterocycles. The zero-order valence-electron chi connectivity index (χ0n) is 15.5. The molecular formula is C22H24N2O2S. The number of amides is 1. The van der Waals surface area contributed by atoms with Crippen molar-refractivity contribution >= 4 is 17.7 Å². The van der Waals surface area contributed by atoms with Crippen LogP contribution in [0.5, 0.6) is 0 Å². The van der Waals surface area contributed by atoms with Gasteiger partial charge in [0.1, 0.15) is 11.0 Å². The van der Waals surface area contributed by atoms with Crippen LogP contribution in [-0.4, -0.2) is 31.4 Å². The Balaban J connectivity index is 1.74. The third-order valence-corrected chi connectivity index (χ3v) is 5.57. The van der Waals surface area contributed by atoms with E-state index in [2.05, 4.69) is 5.32 Å². The first-order valence-electron chi connectivity index (χ1n) is 8.89. The van der Waals surface area contributed by atoms with Crippen LogP contribution >= 0.6 is 11.8 Å². The molecule has 0 aliphatic carbocycles. The van der Waals surface area contributed by atoms with Gasteiger partial charge in [-0.05, 0) is 43.9 Å². The van der Waals surface area contributed by atoms with Crippen molar-refractivity contribution in [1.82, 2.24) is 10.2 Å². The molecule has 1 heterocycles. The molecule has 0 saturated carbocycles. The Hall–Kier alpha value is -2.50. The summed E-state index contributed by atoms with van der Waals surface area (Å²) in [6.07, 6.45) is 1.66. The fourth-order valence-electron chi connectivity index (χ4n) is 2.84. The summed E-state index contributed by atoms with van der Waals surface area (Å²) in [5.41, 5.74) is 0.989. The highest BCUT2D eigenvalue weighted by atomic mass is 32.2. The number of hydrogen-bond acceptors (Lipinski definition) is 4. The van der Waals surface area contributed by atoms with Crippen LogP contribution in [0.25, 0.3) is 0 Å². The summed E-state index contributed by atoms with van der Waals surface area (Å²) in [6.45, 7) is 0.484. The van der Waals surface area contributed by atoms with Crippen molar-refractivity contribution in [2.24, 2.45) is 0 Å². The molecule has 0 bridgehead atoms. The van der Waals surface area contributed by atoms with E-state index in [1.54, 1.807) is 18.0 Å². The van der Waals surface area contributed by atoms with Gasteiger partial charge in [-0.2, -0.15) is 0 Å². The van der Waals surface area contributed by atoms with Gasteiger partial charge in [0.2, 0.25) is 5.91 Å². The van der Waals surface area contributed by atoms with Crippen molar-refractivity contribution in [2.75, 3.05) is 20.6 Å². The van der Waals surface area contributed by atoms with Crippen molar-refractivity contribution in [3.8, 4) is 0 Å². The molecule has 0 spiro atoms. The van der Waals surface area contributed by atoms with Gasteiger partial charge in [-0.25, -0.2) is 0 Å². The zero-order valence-corrected chi connectivity index (χ0v) is 16.4. The van der Waals surface area contributed by atoms with Crippen LogP contribution in [0, 0.1) is 0 Å². The molecule has 3 aromatic rings. The van der Waals surface area contributed by atoms with Crippen molar-refractivity contribution < 1.29 is 9.21 Å². The normalized spacial score (nSPS) is 13.3. The topological polar surface area (TPSA) is 45.5 Å². The first-order chi connectivity index (χ1) is 13.1. The smallest absolute Gasteiger partial charge is 0.238 e. The van der Waals surface area contributed by atoms with Gasteiger partial charge in [0.25, 0.3) is 0 Å². The number of carbonyl (C=O) groups excluding carboxylic acids is 1. The summed E-state index contributed by atoms with van der Waals surface area (Å²) < 4.78 is 5.53. The van der Waals surface area contributed by atoms with Crippen molar-refractivity contribution in [3.63, 3.8) is 0 Å². The summed E-state index contributed by atoms with van der Waals surface area (Å²) in [6, 6.07) is 23.7. The Bertz CT molecular complexity index is 820. The Morgan fingerprint density at radius 2 is 1.67 bits per heavy atom. The van der Waals surface area contributed by atoms with E-state index >= 15 is 0 Å². The predicted octanol–water partition coefficient (Wildman–Crippen LogP) is 4.53. The number of nitrogens with one attached hydrogen (secondary N) is 1. The fraction of sp³-hybridized carbons (Fsp3) is 0.227. The molecule has 140 valence electrons. The minimum absolute atomic E-state index is 0.00606. The van der Waals surface area contributed by atoms with Crippen LogP contribution in [0.4, 0.5) is 0 Å². The lowest BCUT2D eigenvalue weighted by atomic mass is 10.1. The van der Waals surface area contributed by atoms with E-state index in [1.165, 1.54) is 0 Å². The monoisotopic (exact) mass is 380 g/mol. The van der Waals surface area contributed by atoms with E-state index in [0.29, 0.717) is 6.54 Å².